The summed E-state index contributed by atoms with van der Waals surface area (Å²) in [5, 5.41) is 12.5. The number of nitrogens with zero attached hydrogens (tertiary/aromatic N) is 2. The molecule has 188 valence electrons. The number of benzene rings is 2. The van der Waals surface area contributed by atoms with Crippen molar-refractivity contribution >= 4 is 28.4 Å². The Balaban J connectivity index is 1.69. The number of aliphatic hydroxyl groups is 1. The minimum atomic E-state index is -0.773. The van der Waals surface area contributed by atoms with Gasteiger partial charge < -0.3 is 19.7 Å². The van der Waals surface area contributed by atoms with Crippen LogP contribution in [0.25, 0.3) is 16.7 Å². The number of amides is 1. The molecular weight excluding hydrogens is 466 g/mol. The fourth-order valence-corrected chi connectivity index (χ4v) is 4.96. The third-order valence-electron chi connectivity index (χ3n) is 6.74. The summed E-state index contributed by atoms with van der Waals surface area (Å²) in [6.45, 7) is 6.70. The van der Waals surface area contributed by atoms with Crippen molar-refractivity contribution in [2.45, 2.75) is 39.3 Å². The number of carbonyl (C=O) groups is 2. The van der Waals surface area contributed by atoms with E-state index in [1.54, 1.807) is 30.6 Å². The monoisotopic (exact) mass is 495 g/mol. The molecule has 4 aromatic rings. The van der Waals surface area contributed by atoms with Crippen molar-refractivity contribution in [1.82, 2.24) is 14.9 Å². The number of rotatable bonds is 7. The Morgan fingerprint density at radius 3 is 2.68 bits per heavy atom. The van der Waals surface area contributed by atoms with Crippen molar-refractivity contribution in [2.24, 2.45) is 0 Å². The lowest BCUT2D eigenvalue weighted by Crippen LogP contribution is -2.29. The van der Waals surface area contributed by atoms with Crippen molar-refractivity contribution in [3.05, 3.63) is 101 Å². The first-order valence-corrected chi connectivity index (χ1v) is 12.4. The van der Waals surface area contributed by atoms with E-state index >= 15 is 0 Å². The van der Waals surface area contributed by atoms with E-state index in [-0.39, 0.29) is 23.8 Å². The number of pyridine rings is 1. The zero-order chi connectivity index (χ0) is 26.1. The van der Waals surface area contributed by atoms with Gasteiger partial charge in [-0.15, -0.1) is 0 Å². The molecule has 1 aliphatic heterocycles. The molecule has 0 aliphatic carbocycles. The van der Waals surface area contributed by atoms with Crippen molar-refractivity contribution in [3.8, 4) is 5.75 Å². The molecule has 0 saturated carbocycles. The molecule has 2 N–H and O–H groups in total. The van der Waals surface area contributed by atoms with Crippen molar-refractivity contribution in [2.75, 3.05) is 6.61 Å². The summed E-state index contributed by atoms with van der Waals surface area (Å²) in [6.07, 6.45) is 5.14. The maximum Gasteiger partial charge on any atom is 0.295 e. The van der Waals surface area contributed by atoms with Crippen molar-refractivity contribution in [1.29, 1.82) is 0 Å². The Kier molecular flexibility index (Phi) is 6.53. The highest BCUT2D eigenvalue weighted by molar-refractivity contribution is 6.46. The topological polar surface area (TPSA) is 95.5 Å². The zero-order valence-electron chi connectivity index (χ0n) is 21.1. The van der Waals surface area contributed by atoms with Crippen LogP contribution in [0.2, 0.25) is 0 Å². The Hall–Kier alpha value is -4.39. The van der Waals surface area contributed by atoms with Crippen LogP contribution in [0, 0.1) is 0 Å². The smallest absolute Gasteiger partial charge is 0.295 e. The van der Waals surface area contributed by atoms with Crippen LogP contribution >= 0.6 is 0 Å². The van der Waals surface area contributed by atoms with E-state index in [9.17, 15) is 14.7 Å². The van der Waals surface area contributed by atoms with Gasteiger partial charge in [-0.1, -0.05) is 38.1 Å². The van der Waals surface area contributed by atoms with E-state index in [2.05, 4.69) is 9.97 Å². The number of fused-ring (bicyclic) bond motifs is 1. The van der Waals surface area contributed by atoms with Crippen LogP contribution in [0.1, 0.15) is 55.0 Å². The predicted molar refractivity (Wildman–Crippen MR) is 142 cm³/mol. The van der Waals surface area contributed by atoms with Crippen LogP contribution in [0.4, 0.5) is 0 Å². The first-order chi connectivity index (χ1) is 17.9. The number of hydrogen-bond donors (Lipinski definition) is 2. The fourth-order valence-electron chi connectivity index (χ4n) is 4.96. The molecule has 1 amide bonds. The molecule has 1 atom stereocenters. The second-order valence-electron chi connectivity index (χ2n) is 9.42. The van der Waals surface area contributed by atoms with Crippen LogP contribution < -0.4 is 4.74 Å². The molecule has 37 heavy (non-hydrogen) atoms. The Morgan fingerprint density at radius 1 is 1.14 bits per heavy atom. The van der Waals surface area contributed by atoms with Crippen molar-refractivity contribution < 1.29 is 19.4 Å². The minimum Gasteiger partial charge on any atom is -0.507 e. The lowest BCUT2D eigenvalue weighted by Gasteiger charge is -2.25. The summed E-state index contributed by atoms with van der Waals surface area (Å²) < 4.78 is 5.77. The van der Waals surface area contributed by atoms with Gasteiger partial charge in [0.05, 0.1) is 18.2 Å². The summed E-state index contributed by atoms with van der Waals surface area (Å²) in [5.41, 5.74) is 3.87. The molecule has 0 bridgehead atoms. The van der Waals surface area contributed by atoms with Crippen LogP contribution in [0.3, 0.4) is 0 Å². The summed E-state index contributed by atoms with van der Waals surface area (Å²) in [5.74, 6) is -0.703. The molecule has 0 spiro atoms. The summed E-state index contributed by atoms with van der Waals surface area (Å²) in [7, 11) is 0. The van der Waals surface area contributed by atoms with Gasteiger partial charge in [0.25, 0.3) is 11.7 Å². The SMILES string of the molecule is CCOc1ccc(/C(O)=C2\C(=O)C(=O)N(Cc3cccnc3)C2c2c[nH]c3ccccc23)cc1C(C)C. The van der Waals surface area contributed by atoms with Gasteiger partial charge in [-0.25, -0.2) is 0 Å². The van der Waals surface area contributed by atoms with E-state index in [4.69, 9.17) is 4.74 Å². The third-order valence-corrected chi connectivity index (χ3v) is 6.74. The number of carbonyl (C=O) groups excluding carboxylic acids is 2. The number of aromatic nitrogens is 2. The third kappa shape index (κ3) is 4.37. The largest absolute Gasteiger partial charge is 0.507 e. The number of likely N-dealkylation sites (tertiary alicyclic amines) is 1. The lowest BCUT2D eigenvalue weighted by atomic mass is 9.93. The number of Topliss-reactive ketones (excluding diaryl/α,β-unsaturated/α-hetero) is 1. The van der Waals surface area contributed by atoms with Crippen LogP contribution in [-0.2, 0) is 16.1 Å². The first kappa shape index (κ1) is 24.3. The quantitative estimate of drug-likeness (QED) is 0.195. The molecule has 7 nitrogen and oxygen atoms in total. The van der Waals surface area contributed by atoms with Crippen LogP contribution in [-0.4, -0.2) is 38.3 Å². The van der Waals surface area contributed by atoms with Gasteiger partial charge in [0.2, 0.25) is 0 Å². The molecule has 2 aromatic carbocycles. The molecular formula is C30H29N3O4. The van der Waals surface area contributed by atoms with Gasteiger partial charge in [0, 0.05) is 47.2 Å². The molecule has 5 rings (SSSR count). The second kappa shape index (κ2) is 9.93. The Labute approximate surface area is 215 Å². The molecule has 3 heterocycles. The number of ketones is 1. The van der Waals surface area contributed by atoms with Gasteiger partial charge in [-0.05, 0) is 54.3 Å². The predicted octanol–water partition coefficient (Wildman–Crippen LogP) is 5.71. The zero-order valence-corrected chi connectivity index (χ0v) is 21.1. The molecule has 7 heteroatoms. The molecule has 0 radical (unpaired) electrons. The molecule has 1 fully saturated rings. The number of aliphatic hydroxyl groups excluding tert-OH is 1. The fraction of sp³-hybridized carbons (Fsp3) is 0.233. The number of H-pyrrole nitrogens is 1. The maximum atomic E-state index is 13.5. The van der Waals surface area contributed by atoms with Gasteiger partial charge in [0.1, 0.15) is 11.5 Å². The highest BCUT2D eigenvalue weighted by Gasteiger charge is 2.47. The van der Waals surface area contributed by atoms with E-state index in [1.807, 2.05) is 63.4 Å². The normalized spacial score (nSPS) is 17.2. The van der Waals surface area contributed by atoms with Crippen LogP contribution in [0.15, 0.2) is 78.8 Å². The van der Waals surface area contributed by atoms with Crippen molar-refractivity contribution in [3.63, 3.8) is 0 Å². The Bertz CT molecular complexity index is 1500. The lowest BCUT2D eigenvalue weighted by molar-refractivity contribution is -0.140. The van der Waals surface area contributed by atoms with E-state index in [1.165, 1.54) is 4.90 Å². The van der Waals surface area contributed by atoms with Gasteiger partial charge in [0.15, 0.2) is 0 Å². The number of para-hydroxylation sites is 1. The maximum absolute atomic E-state index is 13.5. The van der Waals surface area contributed by atoms with Gasteiger partial charge in [-0.3, -0.25) is 14.6 Å². The Morgan fingerprint density at radius 2 is 1.95 bits per heavy atom. The summed E-state index contributed by atoms with van der Waals surface area (Å²) >= 11 is 0. The molecule has 1 saturated heterocycles. The number of ether oxygens (including phenoxy) is 1. The summed E-state index contributed by atoms with van der Waals surface area (Å²) in [4.78, 5) is 35.8. The molecule has 1 aliphatic rings. The molecule has 1 unspecified atom stereocenters. The molecule has 2 aromatic heterocycles. The van der Waals surface area contributed by atoms with E-state index < -0.39 is 17.7 Å². The number of aromatic amines is 1. The average molecular weight is 496 g/mol. The highest BCUT2D eigenvalue weighted by Crippen LogP contribution is 2.43. The highest BCUT2D eigenvalue weighted by atomic mass is 16.5. The minimum absolute atomic E-state index is 0.0671. The summed E-state index contributed by atoms with van der Waals surface area (Å²) in [6, 6.07) is 16.0. The standard InChI is InChI=1S/C30H29N3O4/c1-4-37-25-12-11-20(14-22(25)18(2)3)28(34)26-27(23-16-32-24-10-6-5-9-21(23)24)33(30(36)29(26)35)17-19-8-7-13-31-15-19/h5-16,18,27,32,34H,4,17H2,1-3H3/b28-26+. The van der Waals surface area contributed by atoms with Gasteiger partial charge in [-0.2, -0.15) is 0 Å². The number of hydrogen-bond acceptors (Lipinski definition) is 5. The second-order valence-corrected chi connectivity index (χ2v) is 9.42. The van der Waals surface area contributed by atoms with E-state index in [0.717, 1.165) is 33.3 Å². The number of nitrogens with one attached hydrogen (secondary N) is 1. The average Bonchev–Trinajstić information content (AvgIpc) is 3.43. The van der Waals surface area contributed by atoms with Crippen LogP contribution in [0.5, 0.6) is 5.75 Å². The van der Waals surface area contributed by atoms with E-state index in [0.29, 0.717) is 12.2 Å². The first-order valence-electron chi connectivity index (χ1n) is 12.4. The van der Waals surface area contributed by atoms with Gasteiger partial charge >= 0.3 is 0 Å².